The summed E-state index contributed by atoms with van der Waals surface area (Å²) in [7, 11) is 5.35. The highest BCUT2D eigenvalue weighted by Gasteiger charge is 2.09. The molecule has 0 amide bonds. The van der Waals surface area contributed by atoms with Crippen molar-refractivity contribution in [3.8, 4) is 22.8 Å². The topological polar surface area (TPSA) is 23.4 Å². The molecule has 0 spiro atoms. The van der Waals surface area contributed by atoms with Gasteiger partial charge in [0.1, 0.15) is 11.5 Å². The summed E-state index contributed by atoms with van der Waals surface area (Å²) in [5.74, 6) is 1.68. The quantitative estimate of drug-likeness (QED) is 0.789. The molecule has 3 nitrogen and oxygen atoms in total. The Morgan fingerprint density at radius 3 is 2.44 bits per heavy atom. The maximum Gasteiger partial charge on any atom is 0.128 e. The van der Waals surface area contributed by atoms with Gasteiger partial charge in [0.25, 0.3) is 0 Å². The Kier molecular flexibility index (Phi) is 2.86. The number of aromatic nitrogens is 1. The van der Waals surface area contributed by atoms with Crippen LogP contribution in [-0.2, 0) is 7.05 Å². The summed E-state index contributed by atoms with van der Waals surface area (Å²) in [6.07, 6.45) is 2.01. The lowest BCUT2D eigenvalue weighted by atomic mass is 10.1. The van der Waals surface area contributed by atoms with E-state index in [0.29, 0.717) is 0 Å². The third-order valence-corrected chi connectivity index (χ3v) is 2.63. The highest BCUT2D eigenvalue weighted by Crippen LogP contribution is 2.33. The number of methoxy groups -OCH3 is 2. The van der Waals surface area contributed by atoms with Crippen molar-refractivity contribution in [2.45, 2.75) is 0 Å². The number of hydrogen-bond acceptors (Lipinski definition) is 2. The van der Waals surface area contributed by atoms with E-state index in [4.69, 9.17) is 9.47 Å². The van der Waals surface area contributed by atoms with Gasteiger partial charge in [-0.1, -0.05) is 0 Å². The van der Waals surface area contributed by atoms with Gasteiger partial charge in [-0.15, -0.1) is 0 Å². The zero-order valence-corrected chi connectivity index (χ0v) is 9.73. The van der Waals surface area contributed by atoms with E-state index in [1.165, 1.54) is 0 Å². The van der Waals surface area contributed by atoms with Crippen LogP contribution in [0.4, 0.5) is 0 Å². The zero-order chi connectivity index (χ0) is 11.5. The molecule has 2 aromatic rings. The van der Waals surface area contributed by atoms with Crippen molar-refractivity contribution in [1.29, 1.82) is 0 Å². The van der Waals surface area contributed by atoms with Gasteiger partial charge in [0.05, 0.1) is 19.9 Å². The second-order valence-corrected chi connectivity index (χ2v) is 3.57. The maximum absolute atomic E-state index is 5.35. The van der Waals surface area contributed by atoms with Crippen molar-refractivity contribution in [1.82, 2.24) is 4.57 Å². The van der Waals surface area contributed by atoms with E-state index in [1.54, 1.807) is 14.2 Å². The summed E-state index contributed by atoms with van der Waals surface area (Å²) >= 11 is 0. The molecule has 1 heterocycles. The van der Waals surface area contributed by atoms with Gasteiger partial charge in [0.15, 0.2) is 0 Å². The Morgan fingerprint density at radius 1 is 1.06 bits per heavy atom. The van der Waals surface area contributed by atoms with Crippen molar-refractivity contribution < 1.29 is 9.47 Å². The van der Waals surface area contributed by atoms with Crippen LogP contribution in [0.15, 0.2) is 36.5 Å². The number of benzene rings is 1. The lowest BCUT2D eigenvalue weighted by molar-refractivity contribution is 0.404. The van der Waals surface area contributed by atoms with Gasteiger partial charge in [-0.2, -0.15) is 0 Å². The second-order valence-electron chi connectivity index (χ2n) is 3.57. The van der Waals surface area contributed by atoms with Crippen LogP contribution in [0.5, 0.6) is 11.5 Å². The average molecular weight is 217 g/mol. The highest BCUT2D eigenvalue weighted by atomic mass is 16.5. The second kappa shape index (κ2) is 4.31. The largest absolute Gasteiger partial charge is 0.497 e. The van der Waals surface area contributed by atoms with Crippen molar-refractivity contribution >= 4 is 0 Å². The van der Waals surface area contributed by atoms with Gasteiger partial charge in [0, 0.05) is 18.8 Å². The summed E-state index contributed by atoms with van der Waals surface area (Å²) in [6.45, 7) is 0. The monoisotopic (exact) mass is 217 g/mol. The first kappa shape index (κ1) is 10.6. The first-order valence-corrected chi connectivity index (χ1v) is 5.10. The van der Waals surface area contributed by atoms with Crippen LogP contribution in [0, 0.1) is 0 Å². The predicted molar refractivity (Wildman–Crippen MR) is 64.0 cm³/mol. The molecule has 0 aliphatic carbocycles. The van der Waals surface area contributed by atoms with E-state index >= 15 is 0 Å². The molecular formula is C13H15NO2. The molecule has 2 rings (SSSR count). The summed E-state index contributed by atoms with van der Waals surface area (Å²) in [5.41, 5.74) is 2.14. The van der Waals surface area contributed by atoms with Crippen molar-refractivity contribution in [2.24, 2.45) is 7.05 Å². The van der Waals surface area contributed by atoms with Gasteiger partial charge >= 0.3 is 0 Å². The molecule has 3 heteroatoms. The molecule has 0 aliphatic rings. The lowest BCUT2D eigenvalue weighted by Gasteiger charge is -2.11. The van der Waals surface area contributed by atoms with E-state index < -0.39 is 0 Å². The van der Waals surface area contributed by atoms with Crippen LogP contribution < -0.4 is 9.47 Å². The number of hydrogen-bond donors (Lipinski definition) is 0. The van der Waals surface area contributed by atoms with Gasteiger partial charge in [-0.3, -0.25) is 0 Å². The number of aryl methyl sites for hydroxylation is 1. The molecule has 84 valence electrons. The molecule has 0 atom stereocenters. The first-order chi connectivity index (χ1) is 7.76. The first-order valence-electron chi connectivity index (χ1n) is 5.10. The number of rotatable bonds is 3. The summed E-state index contributed by atoms with van der Waals surface area (Å²) in [6, 6.07) is 9.85. The summed E-state index contributed by atoms with van der Waals surface area (Å²) < 4.78 is 12.6. The SMILES string of the molecule is COc1ccc(OC)c(-c2cccn2C)c1. The Balaban J connectivity index is 2.57. The average Bonchev–Trinajstić information content (AvgIpc) is 2.74. The minimum atomic E-state index is 0.831. The van der Waals surface area contributed by atoms with Crippen LogP contribution in [0.3, 0.4) is 0 Å². The van der Waals surface area contributed by atoms with Crippen LogP contribution in [0.25, 0.3) is 11.3 Å². The molecule has 0 fully saturated rings. The van der Waals surface area contributed by atoms with Gasteiger partial charge in [-0.25, -0.2) is 0 Å². The standard InChI is InChI=1S/C13H15NO2/c1-14-8-4-5-12(14)11-9-10(15-2)6-7-13(11)16-3/h4-9H,1-3H3. The fourth-order valence-corrected chi connectivity index (χ4v) is 1.76. The van der Waals surface area contributed by atoms with E-state index in [-0.39, 0.29) is 0 Å². The lowest BCUT2D eigenvalue weighted by Crippen LogP contribution is -1.94. The van der Waals surface area contributed by atoms with Crippen molar-refractivity contribution in [3.05, 3.63) is 36.5 Å². The Hall–Kier alpha value is -1.90. The number of nitrogens with zero attached hydrogens (tertiary/aromatic N) is 1. The van der Waals surface area contributed by atoms with Crippen LogP contribution in [0.2, 0.25) is 0 Å². The Bertz CT molecular complexity index is 488. The fourth-order valence-electron chi connectivity index (χ4n) is 1.76. The molecule has 16 heavy (non-hydrogen) atoms. The van der Waals surface area contributed by atoms with Gasteiger partial charge < -0.3 is 14.0 Å². The van der Waals surface area contributed by atoms with E-state index in [0.717, 1.165) is 22.8 Å². The normalized spacial score (nSPS) is 10.2. The molecule has 0 bridgehead atoms. The molecule has 0 saturated heterocycles. The van der Waals surface area contributed by atoms with Crippen molar-refractivity contribution in [2.75, 3.05) is 14.2 Å². The summed E-state index contributed by atoms with van der Waals surface area (Å²) in [5, 5.41) is 0. The molecule has 1 aromatic carbocycles. The Labute approximate surface area is 95.2 Å². The van der Waals surface area contributed by atoms with Gasteiger partial charge in [0.2, 0.25) is 0 Å². The van der Waals surface area contributed by atoms with Crippen LogP contribution >= 0.6 is 0 Å². The van der Waals surface area contributed by atoms with Crippen molar-refractivity contribution in [3.63, 3.8) is 0 Å². The highest BCUT2D eigenvalue weighted by molar-refractivity contribution is 5.69. The smallest absolute Gasteiger partial charge is 0.128 e. The molecule has 0 aliphatic heterocycles. The van der Waals surface area contributed by atoms with E-state index in [1.807, 2.05) is 37.5 Å². The molecule has 0 N–H and O–H groups in total. The van der Waals surface area contributed by atoms with E-state index in [9.17, 15) is 0 Å². The van der Waals surface area contributed by atoms with Crippen LogP contribution in [0.1, 0.15) is 0 Å². The zero-order valence-electron chi connectivity index (χ0n) is 9.73. The summed E-state index contributed by atoms with van der Waals surface area (Å²) in [4.78, 5) is 0. The molecular weight excluding hydrogens is 202 g/mol. The molecule has 1 aromatic heterocycles. The number of ether oxygens (including phenoxy) is 2. The molecule has 0 saturated carbocycles. The minimum absolute atomic E-state index is 0.831. The van der Waals surface area contributed by atoms with Gasteiger partial charge in [-0.05, 0) is 30.3 Å². The fraction of sp³-hybridized carbons (Fsp3) is 0.231. The molecule has 0 radical (unpaired) electrons. The van der Waals surface area contributed by atoms with Crippen LogP contribution in [-0.4, -0.2) is 18.8 Å². The Morgan fingerprint density at radius 2 is 1.88 bits per heavy atom. The third-order valence-electron chi connectivity index (χ3n) is 2.63. The maximum atomic E-state index is 5.35. The molecule has 0 unspecified atom stereocenters. The minimum Gasteiger partial charge on any atom is -0.497 e. The third kappa shape index (κ3) is 1.76. The predicted octanol–water partition coefficient (Wildman–Crippen LogP) is 2.71. The van der Waals surface area contributed by atoms with E-state index in [2.05, 4.69) is 10.6 Å².